The third-order valence-corrected chi connectivity index (χ3v) is 2.29. The Morgan fingerprint density at radius 1 is 1.25 bits per heavy atom. The second kappa shape index (κ2) is 5.01. The van der Waals surface area contributed by atoms with Gasteiger partial charge in [0.25, 0.3) is 0 Å². The summed E-state index contributed by atoms with van der Waals surface area (Å²) in [6.45, 7) is 6.25. The molecule has 0 spiro atoms. The Labute approximate surface area is 96.8 Å². The van der Waals surface area contributed by atoms with Gasteiger partial charge >= 0.3 is 0 Å². The molecule has 16 heavy (non-hydrogen) atoms. The minimum atomic E-state index is -0.341. The molecule has 0 aliphatic carbocycles. The molecule has 0 saturated heterocycles. The molecule has 88 valence electrons. The third-order valence-electron chi connectivity index (χ3n) is 2.29. The molecule has 0 radical (unpaired) electrons. The van der Waals surface area contributed by atoms with Gasteiger partial charge in [-0.3, -0.25) is 4.79 Å². The summed E-state index contributed by atoms with van der Waals surface area (Å²) < 4.78 is 5.06. The van der Waals surface area contributed by atoms with Crippen LogP contribution < -0.4 is 10.1 Å². The number of hydrogen-bond acceptors (Lipinski definition) is 2. The lowest BCUT2D eigenvalue weighted by Crippen LogP contribution is -2.34. The number of benzene rings is 1. The number of amides is 1. The van der Waals surface area contributed by atoms with Gasteiger partial charge in [0, 0.05) is 12.0 Å². The molecule has 0 saturated carbocycles. The van der Waals surface area contributed by atoms with Gasteiger partial charge in [-0.25, -0.2) is 0 Å². The van der Waals surface area contributed by atoms with Crippen LogP contribution in [-0.4, -0.2) is 13.0 Å². The molecule has 1 aromatic rings. The molecular weight excluding hydrogens is 202 g/mol. The van der Waals surface area contributed by atoms with Crippen LogP contribution in [0, 0.1) is 5.41 Å². The zero-order valence-electron chi connectivity index (χ0n) is 10.3. The van der Waals surface area contributed by atoms with E-state index < -0.39 is 0 Å². The number of ether oxygens (including phenoxy) is 1. The first kappa shape index (κ1) is 12.6. The molecule has 0 bridgehead atoms. The Kier molecular flexibility index (Phi) is 3.93. The monoisotopic (exact) mass is 221 g/mol. The van der Waals surface area contributed by atoms with Crippen molar-refractivity contribution in [2.45, 2.75) is 27.3 Å². The van der Waals surface area contributed by atoms with E-state index in [1.807, 2.05) is 45.0 Å². The second-order valence-electron chi connectivity index (χ2n) is 4.78. The summed E-state index contributed by atoms with van der Waals surface area (Å²) in [6.07, 6.45) is 0. The Hall–Kier alpha value is -1.51. The molecule has 3 nitrogen and oxygen atoms in total. The van der Waals surface area contributed by atoms with E-state index in [2.05, 4.69) is 5.32 Å². The molecule has 0 aromatic heterocycles. The van der Waals surface area contributed by atoms with Gasteiger partial charge in [0.1, 0.15) is 5.75 Å². The number of carbonyl (C=O) groups is 1. The van der Waals surface area contributed by atoms with Crippen LogP contribution in [0.4, 0.5) is 0 Å². The zero-order valence-corrected chi connectivity index (χ0v) is 10.3. The molecule has 0 atom stereocenters. The fourth-order valence-electron chi connectivity index (χ4n) is 1.19. The Morgan fingerprint density at radius 3 is 2.25 bits per heavy atom. The average Bonchev–Trinajstić information content (AvgIpc) is 2.25. The van der Waals surface area contributed by atoms with Gasteiger partial charge in [-0.2, -0.15) is 0 Å². The molecule has 0 heterocycles. The first-order chi connectivity index (χ1) is 7.43. The highest BCUT2D eigenvalue weighted by molar-refractivity contribution is 5.81. The van der Waals surface area contributed by atoms with Crippen LogP contribution in [0.5, 0.6) is 5.75 Å². The van der Waals surface area contributed by atoms with E-state index in [1.54, 1.807) is 7.11 Å². The summed E-state index contributed by atoms with van der Waals surface area (Å²) in [4.78, 5) is 11.6. The Bertz CT molecular complexity index is 349. The zero-order chi connectivity index (χ0) is 12.2. The number of hydrogen-bond donors (Lipinski definition) is 1. The fourth-order valence-corrected chi connectivity index (χ4v) is 1.19. The van der Waals surface area contributed by atoms with Crippen molar-refractivity contribution in [3.63, 3.8) is 0 Å². The summed E-state index contributed by atoms with van der Waals surface area (Å²) in [5.74, 6) is 0.884. The molecule has 3 heteroatoms. The lowest BCUT2D eigenvalue weighted by molar-refractivity contribution is -0.128. The fraction of sp³-hybridized carbons (Fsp3) is 0.462. The van der Waals surface area contributed by atoms with E-state index in [0.717, 1.165) is 11.3 Å². The molecule has 1 N–H and O–H groups in total. The smallest absolute Gasteiger partial charge is 0.225 e. The molecule has 1 amide bonds. The lowest BCUT2D eigenvalue weighted by Gasteiger charge is -2.17. The number of nitrogens with one attached hydrogen (secondary N) is 1. The van der Waals surface area contributed by atoms with E-state index in [9.17, 15) is 4.79 Å². The summed E-state index contributed by atoms with van der Waals surface area (Å²) in [6, 6.07) is 7.67. The summed E-state index contributed by atoms with van der Waals surface area (Å²) in [7, 11) is 1.64. The van der Waals surface area contributed by atoms with Crippen LogP contribution in [-0.2, 0) is 11.3 Å². The van der Waals surface area contributed by atoms with Crippen molar-refractivity contribution in [1.29, 1.82) is 0 Å². The van der Waals surface area contributed by atoms with Crippen LogP contribution in [0.2, 0.25) is 0 Å². The number of methoxy groups -OCH3 is 1. The number of rotatable bonds is 3. The van der Waals surface area contributed by atoms with Crippen LogP contribution >= 0.6 is 0 Å². The third kappa shape index (κ3) is 3.57. The highest BCUT2D eigenvalue weighted by Crippen LogP contribution is 2.14. The maximum atomic E-state index is 11.6. The molecule has 0 aliphatic heterocycles. The molecule has 1 aromatic carbocycles. The van der Waals surface area contributed by atoms with Crippen molar-refractivity contribution in [3.05, 3.63) is 29.8 Å². The van der Waals surface area contributed by atoms with Crippen LogP contribution in [0.1, 0.15) is 26.3 Å². The van der Waals surface area contributed by atoms with E-state index in [-0.39, 0.29) is 11.3 Å². The first-order valence-corrected chi connectivity index (χ1v) is 5.34. The van der Waals surface area contributed by atoms with Crippen molar-refractivity contribution in [2.24, 2.45) is 5.41 Å². The van der Waals surface area contributed by atoms with Gasteiger partial charge in [-0.1, -0.05) is 32.9 Å². The van der Waals surface area contributed by atoms with Crippen molar-refractivity contribution in [1.82, 2.24) is 5.32 Å². The van der Waals surface area contributed by atoms with Crippen molar-refractivity contribution in [3.8, 4) is 5.75 Å². The highest BCUT2D eigenvalue weighted by atomic mass is 16.5. The second-order valence-corrected chi connectivity index (χ2v) is 4.78. The predicted molar refractivity (Wildman–Crippen MR) is 64.3 cm³/mol. The Morgan fingerprint density at radius 2 is 1.81 bits per heavy atom. The maximum absolute atomic E-state index is 11.6. The number of carbonyl (C=O) groups excluding carboxylic acids is 1. The first-order valence-electron chi connectivity index (χ1n) is 5.34. The van der Waals surface area contributed by atoms with E-state index in [0.29, 0.717) is 6.54 Å². The van der Waals surface area contributed by atoms with E-state index in [4.69, 9.17) is 4.74 Å². The normalized spacial score (nSPS) is 11.0. The van der Waals surface area contributed by atoms with E-state index >= 15 is 0 Å². The summed E-state index contributed by atoms with van der Waals surface area (Å²) >= 11 is 0. The van der Waals surface area contributed by atoms with E-state index in [1.165, 1.54) is 0 Å². The van der Waals surface area contributed by atoms with Crippen LogP contribution in [0.15, 0.2) is 24.3 Å². The SMILES string of the molecule is COc1ccc(CNC(=O)C(C)(C)C)cc1. The van der Waals surface area contributed by atoms with Gasteiger partial charge in [-0.15, -0.1) is 0 Å². The minimum Gasteiger partial charge on any atom is -0.497 e. The van der Waals surface area contributed by atoms with Crippen LogP contribution in [0.3, 0.4) is 0 Å². The molecule has 0 unspecified atom stereocenters. The average molecular weight is 221 g/mol. The standard InChI is InChI=1S/C13H19NO2/c1-13(2,3)12(15)14-9-10-5-7-11(16-4)8-6-10/h5-8H,9H2,1-4H3,(H,14,15). The van der Waals surface area contributed by atoms with Gasteiger partial charge in [0.05, 0.1) is 7.11 Å². The van der Waals surface area contributed by atoms with Gasteiger partial charge in [0.15, 0.2) is 0 Å². The minimum absolute atomic E-state index is 0.0586. The predicted octanol–water partition coefficient (Wildman–Crippen LogP) is 2.36. The lowest BCUT2D eigenvalue weighted by atomic mass is 9.95. The van der Waals surface area contributed by atoms with Crippen molar-refractivity contribution in [2.75, 3.05) is 7.11 Å². The summed E-state index contributed by atoms with van der Waals surface area (Å²) in [5, 5.41) is 2.90. The van der Waals surface area contributed by atoms with Gasteiger partial charge in [0.2, 0.25) is 5.91 Å². The van der Waals surface area contributed by atoms with Crippen molar-refractivity contribution >= 4 is 5.91 Å². The largest absolute Gasteiger partial charge is 0.497 e. The highest BCUT2D eigenvalue weighted by Gasteiger charge is 2.20. The van der Waals surface area contributed by atoms with Crippen LogP contribution in [0.25, 0.3) is 0 Å². The van der Waals surface area contributed by atoms with Gasteiger partial charge in [-0.05, 0) is 17.7 Å². The molecular formula is C13H19NO2. The quantitative estimate of drug-likeness (QED) is 0.851. The van der Waals surface area contributed by atoms with Gasteiger partial charge < -0.3 is 10.1 Å². The molecule has 0 aliphatic rings. The maximum Gasteiger partial charge on any atom is 0.225 e. The molecule has 1 rings (SSSR count). The summed E-state index contributed by atoms with van der Waals surface area (Å²) in [5.41, 5.74) is 0.727. The molecule has 0 fully saturated rings. The topological polar surface area (TPSA) is 38.3 Å². The van der Waals surface area contributed by atoms with Crippen molar-refractivity contribution < 1.29 is 9.53 Å². The Balaban J connectivity index is 2.52.